The van der Waals surface area contributed by atoms with E-state index in [1.165, 1.54) is 87.9 Å². The molecule has 68 heavy (non-hydrogen) atoms. The van der Waals surface area contributed by atoms with Gasteiger partial charge in [-0.3, -0.25) is 0 Å². The van der Waals surface area contributed by atoms with Gasteiger partial charge >= 0.3 is 0 Å². The predicted molar refractivity (Wildman–Crippen MR) is 277 cm³/mol. The van der Waals surface area contributed by atoms with Gasteiger partial charge < -0.3 is 0 Å². The van der Waals surface area contributed by atoms with E-state index in [0.717, 1.165) is 33.4 Å². The van der Waals surface area contributed by atoms with Gasteiger partial charge in [0.2, 0.25) is 0 Å². The lowest BCUT2D eigenvalue weighted by molar-refractivity contribution is -0.0268. The molecule has 4 aliphatic carbocycles. The van der Waals surface area contributed by atoms with E-state index in [1.54, 1.807) is 0 Å². The smallest absolute Gasteiger partial charge is 0.164 e. The van der Waals surface area contributed by atoms with Gasteiger partial charge in [-0.1, -0.05) is 188 Å². The standard InChI is InChI=1S/C64H48N4/c65-40-42-13-11-19-50(34-42)53-30-32-59(57-24-10-8-22-55(53)57)64-38-43-33-44(39-64)37-63(36-43,41-64)58-31-29-52(54-21-7-9-23-56(54)58)46-25-27-48(28-26-46)61-66-60(47-16-5-2-6-17-47)67-62(68-61)51-20-12-18-49(35-51)45-14-3-1-4-15-45/h1-32,34-35,43-44H,33,36-39,41H2. The molecule has 324 valence electrons. The van der Waals surface area contributed by atoms with Crippen molar-refractivity contribution in [1.29, 1.82) is 5.26 Å². The summed E-state index contributed by atoms with van der Waals surface area (Å²) in [6.45, 7) is 0. The van der Waals surface area contributed by atoms with Crippen molar-refractivity contribution >= 4 is 21.5 Å². The van der Waals surface area contributed by atoms with Crippen LogP contribution in [-0.2, 0) is 10.8 Å². The molecule has 4 nitrogen and oxygen atoms in total. The van der Waals surface area contributed by atoms with Crippen molar-refractivity contribution in [3.05, 3.63) is 223 Å². The fourth-order valence-corrected chi connectivity index (χ4v) is 13.3. The number of rotatable bonds is 8. The number of fused-ring (bicyclic) bond motifs is 2. The monoisotopic (exact) mass is 872 g/mol. The highest BCUT2D eigenvalue weighted by atomic mass is 15.0. The third-order valence-corrected chi connectivity index (χ3v) is 15.7. The number of hydrogen-bond acceptors (Lipinski definition) is 4. The normalized spacial score (nSPS) is 20.4. The largest absolute Gasteiger partial charge is 0.208 e. The number of benzene rings is 9. The molecule has 1 heterocycles. The molecule has 1 aromatic heterocycles. The van der Waals surface area contributed by atoms with Gasteiger partial charge in [0.15, 0.2) is 17.5 Å². The summed E-state index contributed by atoms with van der Waals surface area (Å²) < 4.78 is 0. The first-order valence-corrected chi connectivity index (χ1v) is 24.1. The van der Waals surface area contributed by atoms with E-state index < -0.39 is 0 Å². The quantitative estimate of drug-likeness (QED) is 0.153. The Balaban J connectivity index is 0.863. The van der Waals surface area contributed by atoms with Crippen LogP contribution in [0.4, 0.5) is 0 Å². The van der Waals surface area contributed by atoms with Crippen molar-refractivity contribution in [1.82, 2.24) is 15.0 Å². The predicted octanol–water partition coefficient (Wildman–Crippen LogP) is 15.8. The lowest BCUT2D eigenvalue weighted by Crippen LogP contribution is -2.56. The van der Waals surface area contributed by atoms with Gasteiger partial charge in [0.05, 0.1) is 11.6 Å². The average Bonchev–Trinajstić information content (AvgIpc) is 3.40. The maximum atomic E-state index is 9.72. The highest BCUT2D eigenvalue weighted by Gasteiger charge is 2.59. The Morgan fingerprint density at radius 3 is 1.40 bits per heavy atom. The highest BCUT2D eigenvalue weighted by Crippen LogP contribution is 2.67. The Bertz CT molecular complexity index is 3590. The van der Waals surface area contributed by atoms with Crippen LogP contribution in [0.15, 0.2) is 206 Å². The summed E-state index contributed by atoms with van der Waals surface area (Å²) in [4.78, 5) is 15.2. The van der Waals surface area contributed by atoms with E-state index in [9.17, 15) is 5.26 Å². The summed E-state index contributed by atoms with van der Waals surface area (Å²) in [5.74, 6) is 3.37. The lowest BCUT2D eigenvalue weighted by atomic mass is 9.41. The molecule has 0 amide bonds. The van der Waals surface area contributed by atoms with Crippen molar-refractivity contribution in [3.63, 3.8) is 0 Å². The molecule has 0 radical (unpaired) electrons. The van der Waals surface area contributed by atoms with Crippen LogP contribution >= 0.6 is 0 Å². The van der Waals surface area contributed by atoms with E-state index in [0.29, 0.717) is 34.9 Å². The van der Waals surface area contributed by atoms with Crippen LogP contribution < -0.4 is 0 Å². The van der Waals surface area contributed by atoms with Gasteiger partial charge in [-0.15, -0.1) is 0 Å². The van der Waals surface area contributed by atoms with E-state index >= 15 is 0 Å². The van der Waals surface area contributed by atoms with Crippen LogP contribution in [0.1, 0.15) is 55.2 Å². The second kappa shape index (κ2) is 16.1. The first-order chi connectivity index (χ1) is 33.5. The van der Waals surface area contributed by atoms with Gasteiger partial charge in [0, 0.05) is 16.7 Å². The first kappa shape index (κ1) is 40.3. The summed E-state index contributed by atoms with van der Waals surface area (Å²) in [6, 6.07) is 76.3. The van der Waals surface area contributed by atoms with Crippen LogP contribution in [0.5, 0.6) is 0 Å². The van der Waals surface area contributed by atoms with E-state index in [2.05, 4.69) is 170 Å². The third-order valence-electron chi connectivity index (χ3n) is 15.7. The Kier molecular flexibility index (Phi) is 9.54. The minimum absolute atomic E-state index is 0.112. The Hall–Kier alpha value is -8.00. The minimum Gasteiger partial charge on any atom is -0.208 e. The van der Waals surface area contributed by atoms with Crippen molar-refractivity contribution < 1.29 is 0 Å². The molecule has 0 aliphatic heterocycles. The zero-order chi connectivity index (χ0) is 45.2. The molecule has 4 saturated carbocycles. The Labute approximate surface area is 397 Å². The minimum atomic E-state index is 0.112. The van der Waals surface area contributed by atoms with Crippen molar-refractivity contribution in [2.45, 2.75) is 49.4 Å². The molecule has 0 spiro atoms. The topological polar surface area (TPSA) is 62.5 Å². The fraction of sp³-hybridized carbons (Fsp3) is 0.156. The summed E-state index contributed by atoms with van der Waals surface area (Å²) in [7, 11) is 0. The second-order valence-electron chi connectivity index (χ2n) is 19.8. The molecule has 0 saturated heterocycles. The van der Waals surface area contributed by atoms with E-state index in [4.69, 9.17) is 15.0 Å². The summed E-state index contributed by atoms with van der Waals surface area (Å²) in [5, 5.41) is 15.1. The molecule has 2 atom stereocenters. The molecule has 14 rings (SSSR count). The molecule has 0 N–H and O–H groups in total. The van der Waals surface area contributed by atoms with Crippen molar-refractivity contribution in [2.24, 2.45) is 11.8 Å². The molecule has 4 aliphatic rings. The highest BCUT2D eigenvalue weighted by molar-refractivity contribution is 6.01. The lowest BCUT2D eigenvalue weighted by Gasteiger charge is -2.63. The van der Waals surface area contributed by atoms with Crippen LogP contribution in [0, 0.1) is 23.2 Å². The summed E-state index contributed by atoms with van der Waals surface area (Å²) >= 11 is 0. The van der Waals surface area contributed by atoms with Crippen LogP contribution in [-0.4, -0.2) is 15.0 Å². The van der Waals surface area contributed by atoms with Gasteiger partial charge in [0.1, 0.15) is 0 Å². The van der Waals surface area contributed by atoms with Gasteiger partial charge in [-0.2, -0.15) is 5.26 Å². The molecule has 4 bridgehead atoms. The summed E-state index contributed by atoms with van der Waals surface area (Å²) in [6.07, 6.45) is 7.56. The molecule has 4 fully saturated rings. The number of hydrogen-bond donors (Lipinski definition) is 0. The fourth-order valence-electron chi connectivity index (χ4n) is 13.3. The maximum Gasteiger partial charge on any atom is 0.164 e. The van der Waals surface area contributed by atoms with Crippen molar-refractivity contribution in [2.75, 3.05) is 0 Å². The second-order valence-corrected chi connectivity index (χ2v) is 19.8. The first-order valence-electron chi connectivity index (χ1n) is 24.1. The van der Waals surface area contributed by atoms with Crippen LogP contribution in [0.25, 0.3) is 89.1 Å². The maximum absolute atomic E-state index is 9.72. The summed E-state index contributed by atoms with van der Waals surface area (Å²) in [5.41, 5.74) is 13.8. The molecule has 10 aromatic rings. The molecular weight excluding hydrogens is 825 g/mol. The van der Waals surface area contributed by atoms with Gasteiger partial charge in [-0.25, -0.2) is 15.0 Å². The zero-order valence-electron chi connectivity index (χ0n) is 37.8. The molecule has 9 aromatic carbocycles. The number of nitriles is 1. The van der Waals surface area contributed by atoms with Crippen LogP contribution in [0.3, 0.4) is 0 Å². The van der Waals surface area contributed by atoms with Crippen molar-refractivity contribution in [3.8, 4) is 73.6 Å². The van der Waals surface area contributed by atoms with Crippen LogP contribution in [0.2, 0.25) is 0 Å². The molecule has 2 unspecified atom stereocenters. The van der Waals surface area contributed by atoms with E-state index in [1.807, 2.05) is 42.5 Å². The Morgan fingerprint density at radius 1 is 0.368 bits per heavy atom. The Morgan fingerprint density at radius 2 is 0.809 bits per heavy atom. The number of nitrogens with zero attached hydrogens (tertiary/aromatic N) is 4. The van der Waals surface area contributed by atoms with E-state index in [-0.39, 0.29) is 10.8 Å². The third kappa shape index (κ3) is 6.84. The number of aromatic nitrogens is 3. The molecular formula is C64H48N4. The average molecular weight is 873 g/mol. The SMILES string of the molecule is N#Cc1cccc(-c2ccc(C34CC5CC(CC(c6ccc(-c7ccc(-c8nc(-c9ccccc9)nc(-c9cccc(-c%10ccccc%10)c9)n8)cc7)c7ccccc67)(C5)C3)C4)c3ccccc23)c1. The van der Waals surface area contributed by atoms with Gasteiger partial charge in [-0.05, 0) is 145 Å². The van der Waals surface area contributed by atoms with Gasteiger partial charge in [0.25, 0.3) is 0 Å². The molecule has 4 heteroatoms. The zero-order valence-corrected chi connectivity index (χ0v) is 37.8.